The maximum Gasteiger partial charge on any atom is 0.143 e. The first-order valence-corrected chi connectivity index (χ1v) is 21.2. The van der Waals surface area contributed by atoms with Gasteiger partial charge in [-0.3, -0.25) is 0 Å². The summed E-state index contributed by atoms with van der Waals surface area (Å²) >= 11 is 0. The lowest BCUT2D eigenvalue weighted by Gasteiger charge is -2.27. The van der Waals surface area contributed by atoms with Crippen molar-refractivity contribution in [1.29, 1.82) is 0 Å². The van der Waals surface area contributed by atoms with Gasteiger partial charge in [0.25, 0.3) is 0 Å². The third kappa shape index (κ3) is 5.64. The van der Waals surface area contributed by atoms with Crippen LogP contribution in [0.3, 0.4) is 0 Å². The highest BCUT2D eigenvalue weighted by Gasteiger charge is 2.37. The van der Waals surface area contributed by atoms with E-state index in [4.69, 9.17) is 4.42 Å². The van der Waals surface area contributed by atoms with E-state index < -0.39 is 0 Å². The molecule has 11 aromatic rings. The van der Waals surface area contributed by atoms with Gasteiger partial charge in [0.15, 0.2) is 0 Å². The summed E-state index contributed by atoms with van der Waals surface area (Å²) in [7, 11) is 0. The number of hydrogen-bond acceptors (Lipinski definition) is 2. The van der Waals surface area contributed by atoms with E-state index in [2.05, 4.69) is 231 Å². The zero-order valence-corrected chi connectivity index (χ0v) is 34.1. The summed E-state index contributed by atoms with van der Waals surface area (Å²) in [6, 6.07) is 77.4. The Morgan fingerprint density at radius 3 is 1.84 bits per heavy atom. The SMILES string of the molecule is CC1(C)c2ccccc2-c2cccc(-c3ccc(N(c4ccc(-c5ccc6ccccc6c5)cc4)c4cccc(-c5cccc6oc7c8ccccc8ccc7c56)c4)cc3)c21. The summed E-state index contributed by atoms with van der Waals surface area (Å²) in [4.78, 5) is 2.38. The molecule has 10 aromatic carbocycles. The number of rotatable bonds is 6. The van der Waals surface area contributed by atoms with Crippen molar-refractivity contribution >= 4 is 60.5 Å². The molecule has 1 aliphatic carbocycles. The molecule has 1 aromatic heterocycles. The van der Waals surface area contributed by atoms with Gasteiger partial charge < -0.3 is 9.32 Å². The first-order chi connectivity index (χ1) is 30.0. The van der Waals surface area contributed by atoms with Crippen LogP contribution in [0.15, 0.2) is 217 Å². The average molecular weight is 780 g/mol. The van der Waals surface area contributed by atoms with E-state index in [0.717, 1.165) is 55.5 Å². The molecule has 61 heavy (non-hydrogen) atoms. The van der Waals surface area contributed by atoms with Crippen LogP contribution in [0.25, 0.3) is 88.0 Å². The Morgan fingerprint density at radius 1 is 0.377 bits per heavy atom. The van der Waals surface area contributed by atoms with Crippen molar-refractivity contribution in [3.63, 3.8) is 0 Å². The van der Waals surface area contributed by atoms with Crippen molar-refractivity contribution < 1.29 is 4.42 Å². The summed E-state index contributed by atoms with van der Waals surface area (Å²) in [6.45, 7) is 4.72. The highest BCUT2D eigenvalue weighted by molar-refractivity contribution is 6.19. The zero-order chi connectivity index (χ0) is 40.7. The van der Waals surface area contributed by atoms with Crippen molar-refractivity contribution in [2.24, 2.45) is 0 Å². The lowest BCUT2D eigenvalue weighted by atomic mass is 9.79. The molecule has 12 rings (SSSR count). The standard InChI is InChI=1S/C59H41NO/c1-59(2)54-22-8-7-18-51(54)52-21-10-20-49(57(52)59)41-28-33-46(34-29-41)60(45-31-26-39(27-32-45)43-25-24-38-12-3-4-14-42(38)36-43)47-16-9-15-44(37-47)48-19-11-23-55-56(48)53-35-30-40-13-5-6-17-50(40)58(53)61-55/h3-37H,1-2H3. The van der Waals surface area contributed by atoms with Crippen LogP contribution >= 0.6 is 0 Å². The van der Waals surface area contributed by atoms with Crippen molar-refractivity contribution in [2.75, 3.05) is 4.90 Å². The molecule has 1 heterocycles. The minimum absolute atomic E-state index is 0.100. The zero-order valence-electron chi connectivity index (χ0n) is 34.1. The monoisotopic (exact) mass is 779 g/mol. The van der Waals surface area contributed by atoms with Crippen LogP contribution in [0.4, 0.5) is 17.1 Å². The Kier molecular flexibility index (Phi) is 7.92. The third-order valence-corrected chi connectivity index (χ3v) is 13.0. The molecule has 2 nitrogen and oxygen atoms in total. The van der Waals surface area contributed by atoms with Crippen LogP contribution in [-0.2, 0) is 5.41 Å². The van der Waals surface area contributed by atoms with Crippen LogP contribution in [0.1, 0.15) is 25.0 Å². The van der Waals surface area contributed by atoms with Crippen LogP contribution in [-0.4, -0.2) is 0 Å². The Hall–Kier alpha value is -7.68. The molecule has 0 atom stereocenters. The smallest absolute Gasteiger partial charge is 0.143 e. The molecule has 1 aliphatic rings. The second-order valence-corrected chi connectivity index (χ2v) is 16.9. The quantitative estimate of drug-likeness (QED) is 0.167. The minimum atomic E-state index is -0.100. The maximum absolute atomic E-state index is 6.61. The molecule has 0 amide bonds. The summed E-state index contributed by atoms with van der Waals surface area (Å²) in [5.74, 6) is 0. The predicted molar refractivity (Wildman–Crippen MR) is 257 cm³/mol. The highest BCUT2D eigenvalue weighted by atomic mass is 16.3. The van der Waals surface area contributed by atoms with Gasteiger partial charge >= 0.3 is 0 Å². The van der Waals surface area contributed by atoms with Gasteiger partial charge in [-0.1, -0.05) is 172 Å². The molecule has 0 aliphatic heterocycles. The van der Waals surface area contributed by atoms with Crippen LogP contribution in [0.5, 0.6) is 0 Å². The average Bonchev–Trinajstić information content (AvgIpc) is 3.82. The van der Waals surface area contributed by atoms with E-state index in [0.29, 0.717) is 0 Å². The van der Waals surface area contributed by atoms with E-state index in [9.17, 15) is 0 Å². The fraction of sp³-hybridized carbons (Fsp3) is 0.0508. The fourth-order valence-electron chi connectivity index (χ4n) is 10.1. The van der Waals surface area contributed by atoms with Gasteiger partial charge in [-0.2, -0.15) is 0 Å². The van der Waals surface area contributed by atoms with Gasteiger partial charge in [-0.25, -0.2) is 0 Å². The van der Waals surface area contributed by atoms with Gasteiger partial charge in [0.05, 0.1) is 0 Å². The molecule has 0 radical (unpaired) electrons. The Balaban J connectivity index is 0.984. The summed E-state index contributed by atoms with van der Waals surface area (Å²) in [6.07, 6.45) is 0. The number of furan rings is 1. The number of hydrogen-bond donors (Lipinski definition) is 0. The van der Waals surface area contributed by atoms with Gasteiger partial charge in [0, 0.05) is 38.6 Å². The molecule has 0 saturated carbocycles. The molecule has 0 fully saturated rings. The molecular formula is C59H41NO. The Morgan fingerprint density at radius 2 is 1.00 bits per heavy atom. The Labute approximate surface area is 355 Å². The molecule has 0 saturated heterocycles. The number of benzene rings is 10. The van der Waals surface area contributed by atoms with Crippen molar-refractivity contribution in [3.8, 4) is 44.5 Å². The van der Waals surface area contributed by atoms with E-state index in [1.165, 1.54) is 60.7 Å². The molecular weight excluding hydrogens is 739 g/mol. The summed E-state index contributed by atoms with van der Waals surface area (Å²) < 4.78 is 6.61. The molecule has 0 unspecified atom stereocenters. The molecule has 0 bridgehead atoms. The van der Waals surface area contributed by atoms with Gasteiger partial charge in [0.1, 0.15) is 11.2 Å². The van der Waals surface area contributed by atoms with E-state index in [1.807, 2.05) is 0 Å². The number of nitrogens with zero attached hydrogens (tertiary/aromatic N) is 1. The van der Waals surface area contributed by atoms with E-state index >= 15 is 0 Å². The van der Waals surface area contributed by atoms with Crippen LogP contribution in [0.2, 0.25) is 0 Å². The second kappa shape index (κ2) is 13.7. The molecule has 288 valence electrons. The lowest BCUT2D eigenvalue weighted by Crippen LogP contribution is -2.16. The predicted octanol–water partition coefficient (Wildman–Crippen LogP) is 16.7. The van der Waals surface area contributed by atoms with E-state index in [-0.39, 0.29) is 5.41 Å². The van der Waals surface area contributed by atoms with Crippen molar-refractivity contribution in [1.82, 2.24) is 0 Å². The fourth-order valence-corrected chi connectivity index (χ4v) is 10.1. The van der Waals surface area contributed by atoms with E-state index in [1.54, 1.807) is 0 Å². The van der Waals surface area contributed by atoms with Crippen LogP contribution < -0.4 is 4.90 Å². The topological polar surface area (TPSA) is 16.4 Å². The van der Waals surface area contributed by atoms with Gasteiger partial charge in [-0.05, 0) is 126 Å². The molecule has 0 spiro atoms. The molecule has 2 heteroatoms. The summed E-state index contributed by atoms with van der Waals surface area (Å²) in [5.41, 5.74) is 17.6. The first-order valence-electron chi connectivity index (χ1n) is 21.2. The van der Waals surface area contributed by atoms with Gasteiger partial charge in [-0.15, -0.1) is 0 Å². The van der Waals surface area contributed by atoms with Crippen molar-refractivity contribution in [3.05, 3.63) is 223 Å². The second-order valence-electron chi connectivity index (χ2n) is 16.9. The third-order valence-electron chi connectivity index (χ3n) is 13.0. The first kappa shape index (κ1) is 35.3. The number of anilines is 3. The highest BCUT2D eigenvalue weighted by Crippen LogP contribution is 2.52. The van der Waals surface area contributed by atoms with Gasteiger partial charge in [0.2, 0.25) is 0 Å². The summed E-state index contributed by atoms with van der Waals surface area (Å²) in [5, 5.41) is 7.06. The number of fused-ring (bicyclic) bond motifs is 9. The normalized spacial score (nSPS) is 12.9. The Bertz CT molecular complexity index is 3500. The molecule has 0 N–H and O–H groups in total. The minimum Gasteiger partial charge on any atom is -0.455 e. The maximum atomic E-state index is 6.61. The van der Waals surface area contributed by atoms with Crippen LogP contribution in [0, 0.1) is 0 Å². The largest absolute Gasteiger partial charge is 0.455 e. The lowest BCUT2D eigenvalue weighted by molar-refractivity contribution is 0.662. The van der Waals surface area contributed by atoms with Crippen molar-refractivity contribution in [2.45, 2.75) is 19.3 Å².